The molecule has 1 saturated heterocycles. The first-order valence-corrected chi connectivity index (χ1v) is 17.8. The Balaban J connectivity index is 1.42. The Kier molecular flexibility index (Phi) is 13.2. The Bertz CT molecular complexity index is 1410. The van der Waals surface area contributed by atoms with Gasteiger partial charge in [0.15, 0.2) is 10.8 Å². The van der Waals surface area contributed by atoms with Crippen LogP contribution in [-0.2, 0) is 30.6 Å². The number of aliphatic carboxylic acids is 1. The number of β-lactam (4-membered cyclic amide) rings is 1. The predicted molar refractivity (Wildman–Crippen MR) is 171 cm³/mol. The van der Waals surface area contributed by atoms with E-state index < -0.39 is 29.2 Å². The first-order chi connectivity index (χ1) is 21.9. The van der Waals surface area contributed by atoms with E-state index in [2.05, 4.69) is 50.1 Å². The van der Waals surface area contributed by atoms with Crippen LogP contribution in [0.2, 0.25) is 0 Å². The van der Waals surface area contributed by atoms with E-state index in [9.17, 15) is 24.3 Å². The number of carboxylic acids is 1. The van der Waals surface area contributed by atoms with Crippen molar-refractivity contribution in [3.05, 3.63) is 22.3 Å². The number of unbranched alkanes of at least 4 members (excludes halogenated alkanes) is 6. The Labute approximate surface area is 273 Å². The molecule has 1 fully saturated rings. The molecule has 0 bridgehead atoms. The van der Waals surface area contributed by atoms with E-state index in [4.69, 9.17) is 4.84 Å². The van der Waals surface area contributed by atoms with Crippen LogP contribution in [-0.4, -0.2) is 94.6 Å². The van der Waals surface area contributed by atoms with Crippen LogP contribution in [0.4, 0.5) is 5.13 Å². The highest BCUT2D eigenvalue weighted by molar-refractivity contribution is 8.01. The predicted octanol–water partition coefficient (Wildman–Crippen LogP) is 3.11. The van der Waals surface area contributed by atoms with Gasteiger partial charge in [0.2, 0.25) is 11.6 Å². The monoisotopic (exact) mass is 679 g/mol. The molecule has 2 aromatic rings. The van der Waals surface area contributed by atoms with E-state index in [1.165, 1.54) is 28.4 Å². The van der Waals surface area contributed by atoms with Gasteiger partial charge in [-0.2, -0.15) is 0 Å². The number of aromatic nitrogens is 5. The van der Waals surface area contributed by atoms with Gasteiger partial charge in [-0.3, -0.25) is 19.3 Å². The molecule has 2 atom stereocenters. The molecule has 2 aliphatic rings. The number of oxime groups is 1. The Morgan fingerprint density at radius 3 is 2.71 bits per heavy atom. The zero-order valence-electron chi connectivity index (χ0n) is 25.1. The zero-order valence-corrected chi connectivity index (χ0v) is 27.6. The first kappa shape index (κ1) is 34.4. The number of carbonyl (C=O) groups excluding carboxylic acids is 3. The van der Waals surface area contributed by atoms with Gasteiger partial charge in [-0.1, -0.05) is 62.9 Å². The molecule has 4 heterocycles. The van der Waals surface area contributed by atoms with E-state index in [1.54, 1.807) is 10.1 Å². The number of anilines is 1. The van der Waals surface area contributed by atoms with E-state index in [0.29, 0.717) is 41.8 Å². The van der Waals surface area contributed by atoms with Gasteiger partial charge < -0.3 is 20.6 Å². The van der Waals surface area contributed by atoms with E-state index in [1.807, 2.05) is 0 Å². The maximum Gasteiger partial charge on any atom is 0.352 e. The van der Waals surface area contributed by atoms with E-state index in [0.717, 1.165) is 62.7 Å². The number of thioether (sulfide) groups is 2. The first-order valence-electron chi connectivity index (χ1n) is 14.8. The van der Waals surface area contributed by atoms with Crippen LogP contribution in [0.5, 0.6) is 0 Å². The number of hydrogen-bond acceptors (Lipinski definition) is 13. The van der Waals surface area contributed by atoms with Crippen molar-refractivity contribution < 1.29 is 29.1 Å². The second-order valence-electron chi connectivity index (χ2n) is 10.3. The van der Waals surface area contributed by atoms with Gasteiger partial charge in [0.1, 0.15) is 29.4 Å². The van der Waals surface area contributed by atoms with Crippen molar-refractivity contribution in [3.8, 4) is 0 Å². The van der Waals surface area contributed by atoms with Crippen molar-refractivity contribution >= 4 is 69.9 Å². The van der Waals surface area contributed by atoms with Crippen molar-refractivity contribution in [2.45, 2.75) is 88.3 Å². The fraction of sp³-hybridized carbons (Fsp3) is 0.593. The molecule has 2 aliphatic heterocycles. The summed E-state index contributed by atoms with van der Waals surface area (Å²) in [6, 6.07) is -0.970. The van der Waals surface area contributed by atoms with Crippen molar-refractivity contribution in [3.63, 3.8) is 0 Å². The molecule has 0 aliphatic carbocycles. The van der Waals surface area contributed by atoms with E-state index >= 15 is 0 Å². The third-order valence-electron chi connectivity index (χ3n) is 7.02. The number of nitrogens with one attached hydrogen (secondary N) is 2. The standard InChI is InChI=1S/C27H37N9O6S3/c1-3-5-7-9-11-35-27(31-33-34-35)45-14-17-13-43-24-20(23(39)36(24)21(17)25(40)41)30-22(38)19(32-42-12-10-8-6-4-2)18-15-44-26(29-18)28-16-37/h15-16,20,24H,3-14H2,1-2H3,(H,30,38)(H,40,41)(H,28,29,37)/b32-19-/t20?,24-/m1/s1. The Morgan fingerprint density at radius 1 is 1.20 bits per heavy atom. The van der Waals surface area contributed by atoms with Crippen LogP contribution in [0, 0.1) is 0 Å². The molecular formula is C27H37N9O6S3. The average Bonchev–Trinajstić information content (AvgIpc) is 3.69. The summed E-state index contributed by atoms with van der Waals surface area (Å²) in [6.45, 7) is 5.21. The number of aryl methyl sites for hydroxylation is 1. The van der Waals surface area contributed by atoms with Gasteiger partial charge >= 0.3 is 5.97 Å². The van der Waals surface area contributed by atoms with Gasteiger partial charge in [0, 0.05) is 23.4 Å². The molecule has 15 nitrogen and oxygen atoms in total. The number of amides is 3. The van der Waals surface area contributed by atoms with Gasteiger partial charge in [-0.15, -0.1) is 28.2 Å². The number of fused-ring (bicyclic) bond motifs is 1. The fourth-order valence-corrected chi connectivity index (χ4v) is 7.73. The second kappa shape index (κ2) is 17.3. The van der Waals surface area contributed by atoms with Gasteiger partial charge in [-0.05, 0) is 35.3 Å². The molecule has 3 N–H and O–H groups in total. The molecular weight excluding hydrogens is 643 g/mol. The van der Waals surface area contributed by atoms with Crippen molar-refractivity contribution in [2.24, 2.45) is 5.16 Å². The van der Waals surface area contributed by atoms with Crippen LogP contribution in [0.15, 0.2) is 27.0 Å². The highest BCUT2D eigenvalue weighted by Gasteiger charge is 2.54. The summed E-state index contributed by atoms with van der Waals surface area (Å²) in [6.07, 6.45) is 8.58. The topological polar surface area (TPSA) is 194 Å². The smallest absolute Gasteiger partial charge is 0.352 e. The SMILES string of the molecule is CCCCCCO/N=C(\C(=O)NC1C(=O)N2C(C(=O)O)=C(CSc3nnnn3CCCCCC)CS[C@H]12)c1csc(NC=O)n1. The number of nitrogens with zero attached hydrogens (tertiary/aromatic N) is 7. The second-order valence-corrected chi connectivity index (χ2v) is 13.2. The van der Waals surface area contributed by atoms with Crippen LogP contribution >= 0.6 is 34.9 Å². The minimum atomic E-state index is -1.22. The molecule has 0 aromatic carbocycles. The molecule has 4 rings (SSSR count). The number of carbonyl (C=O) groups is 4. The number of hydrogen-bond donors (Lipinski definition) is 3. The van der Waals surface area contributed by atoms with Crippen LogP contribution in [0.25, 0.3) is 0 Å². The van der Waals surface area contributed by atoms with E-state index in [-0.39, 0.29) is 22.2 Å². The molecule has 0 saturated carbocycles. The maximum absolute atomic E-state index is 13.4. The van der Waals surface area contributed by atoms with Crippen LogP contribution < -0.4 is 10.6 Å². The van der Waals surface area contributed by atoms with Crippen molar-refractivity contribution in [2.75, 3.05) is 23.4 Å². The molecule has 45 heavy (non-hydrogen) atoms. The Morgan fingerprint density at radius 2 is 1.98 bits per heavy atom. The molecule has 244 valence electrons. The van der Waals surface area contributed by atoms with Gasteiger partial charge in [-0.25, -0.2) is 14.5 Å². The summed E-state index contributed by atoms with van der Waals surface area (Å²) in [4.78, 5) is 60.7. The summed E-state index contributed by atoms with van der Waals surface area (Å²) in [5.41, 5.74) is 0.514. The molecule has 1 unspecified atom stereocenters. The summed E-state index contributed by atoms with van der Waals surface area (Å²) >= 11 is 3.80. The maximum atomic E-state index is 13.4. The lowest BCUT2D eigenvalue weighted by atomic mass is 10.0. The normalized spacial score (nSPS) is 18.0. The summed E-state index contributed by atoms with van der Waals surface area (Å²) in [7, 11) is 0. The minimum absolute atomic E-state index is 0.0860. The third kappa shape index (κ3) is 8.82. The Hall–Kier alpha value is -3.51. The van der Waals surface area contributed by atoms with Gasteiger partial charge in [0.25, 0.3) is 11.8 Å². The van der Waals surface area contributed by atoms with Crippen molar-refractivity contribution in [1.29, 1.82) is 0 Å². The third-order valence-corrected chi connectivity index (χ3v) is 10.2. The summed E-state index contributed by atoms with van der Waals surface area (Å²) < 4.78 is 1.72. The fourth-order valence-electron chi connectivity index (χ4n) is 4.69. The average molecular weight is 680 g/mol. The highest BCUT2D eigenvalue weighted by Crippen LogP contribution is 2.41. The lowest BCUT2D eigenvalue weighted by Gasteiger charge is -2.49. The zero-order chi connectivity index (χ0) is 32.2. The van der Waals surface area contributed by atoms with Crippen molar-refractivity contribution in [1.82, 2.24) is 35.4 Å². The molecule has 0 spiro atoms. The molecule has 0 radical (unpaired) electrons. The number of tetrazole rings is 1. The summed E-state index contributed by atoms with van der Waals surface area (Å²) in [5, 5.41) is 32.9. The van der Waals surface area contributed by atoms with Crippen LogP contribution in [0.3, 0.4) is 0 Å². The molecule has 3 amide bonds. The quantitative estimate of drug-likeness (QED) is 0.0463. The largest absolute Gasteiger partial charge is 0.477 e. The lowest BCUT2D eigenvalue weighted by Crippen LogP contribution is -2.71. The molecule has 2 aromatic heterocycles. The summed E-state index contributed by atoms with van der Waals surface area (Å²) in [5.74, 6) is -1.81. The lowest BCUT2D eigenvalue weighted by molar-refractivity contribution is -0.150. The minimum Gasteiger partial charge on any atom is -0.477 e. The highest BCUT2D eigenvalue weighted by atomic mass is 32.2. The molecule has 18 heteroatoms. The number of carboxylic acid groups (broad SMARTS) is 1. The van der Waals surface area contributed by atoms with Gasteiger partial charge in [0.05, 0.1) is 0 Å². The number of rotatable bonds is 20. The number of thiazole rings is 1. The van der Waals surface area contributed by atoms with Crippen LogP contribution in [0.1, 0.15) is 70.9 Å².